The van der Waals surface area contributed by atoms with Crippen LogP contribution in [0.5, 0.6) is 0 Å². The Morgan fingerprint density at radius 3 is 2.86 bits per heavy atom. The van der Waals surface area contributed by atoms with Crippen molar-refractivity contribution in [3.05, 3.63) is 64.2 Å². The Hall–Kier alpha value is -2.00. The fourth-order valence-electron chi connectivity index (χ4n) is 2.75. The predicted octanol–water partition coefficient (Wildman–Crippen LogP) is 4.46. The number of anilines is 1. The molecule has 0 saturated carbocycles. The Labute approximate surface area is 129 Å². The van der Waals surface area contributed by atoms with Crippen LogP contribution in [0.25, 0.3) is 0 Å². The average molecular weight is 301 g/mol. The standard InChI is InChI=1S/C17H17ClN2O/c1-11-6-8-16(14(18)10-11)20-17(21)19-15-9-7-12-4-2-3-5-13(12)15/h2-6,8,10,15H,7,9H2,1H3,(H2,19,20,21). The van der Waals surface area contributed by atoms with Gasteiger partial charge in [-0.15, -0.1) is 0 Å². The topological polar surface area (TPSA) is 41.1 Å². The SMILES string of the molecule is Cc1ccc(NC(=O)NC2CCc3ccccc32)c(Cl)c1. The summed E-state index contributed by atoms with van der Waals surface area (Å²) in [6, 6.07) is 13.7. The van der Waals surface area contributed by atoms with Crippen LogP contribution in [0.4, 0.5) is 10.5 Å². The molecule has 1 aliphatic rings. The number of fused-ring (bicyclic) bond motifs is 1. The maximum atomic E-state index is 12.1. The van der Waals surface area contributed by atoms with Gasteiger partial charge in [-0.25, -0.2) is 4.79 Å². The van der Waals surface area contributed by atoms with Gasteiger partial charge in [0.2, 0.25) is 0 Å². The normalized spacial score (nSPS) is 16.4. The minimum atomic E-state index is -0.220. The molecule has 21 heavy (non-hydrogen) atoms. The van der Waals surface area contributed by atoms with Gasteiger partial charge in [0.1, 0.15) is 0 Å². The first-order valence-corrected chi connectivity index (χ1v) is 7.43. The van der Waals surface area contributed by atoms with Crippen LogP contribution in [0.3, 0.4) is 0 Å². The van der Waals surface area contributed by atoms with Crippen molar-refractivity contribution in [2.75, 3.05) is 5.32 Å². The fourth-order valence-corrected chi connectivity index (χ4v) is 3.03. The lowest BCUT2D eigenvalue weighted by Gasteiger charge is -2.15. The molecule has 2 aromatic rings. The molecule has 0 fully saturated rings. The highest BCUT2D eigenvalue weighted by Crippen LogP contribution is 2.31. The Morgan fingerprint density at radius 2 is 2.05 bits per heavy atom. The third kappa shape index (κ3) is 3.03. The Bertz CT molecular complexity index is 684. The molecule has 0 heterocycles. The number of carbonyl (C=O) groups excluding carboxylic acids is 1. The van der Waals surface area contributed by atoms with E-state index in [1.54, 1.807) is 0 Å². The molecule has 0 spiro atoms. The Morgan fingerprint density at radius 1 is 1.24 bits per heavy atom. The Kier molecular flexibility index (Phi) is 3.84. The molecule has 0 aliphatic heterocycles. The summed E-state index contributed by atoms with van der Waals surface area (Å²) in [5, 5.41) is 6.38. The zero-order valence-corrected chi connectivity index (χ0v) is 12.6. The van der Waals surface area contributed by atoms with Crippen molar-refractivity contribution in [2.45, 2.75) is 25.8 Å². The summed E-state index contributed by atoms with van der Waals surface area (Å²) in [6.45, 7) is 1.96. The maximum absolute atomic E-state index is 12.1. The lowest BCUT2D eigenvalue weighted by Crippen LogP contribution is -2.31. The number of urea groups is 1. The van der Waals surface area contributed by atoms with E-state index in [0.717, 1.165) is 18.4 Å². The van der Waals surface area contributed by atoms with E-state index < -0.39 is 0 Å². The molecule has 3 rings (SSSR count). The maximum Gasteiger partial charge on any atom is 0.319 e. The summed E-state index contributed by atoms with van der Waals surface area (Å²) >= 11 is 6.13. The predicted molar refractivity (Wildman–Crippen MR) is 85.8 cm³/mol. The van der Waals surface area contributed by atoms with Crippen molar-refractivity contribution in [3.8, 4) is 0 Å². The second-order valence-corrected chi connectivity index (χ2v) is 5.78. The molecule has 2 N–H and O–H groups in total. The highest BCUT2D eigenvalue weighted by Gasteiger charge is 2.23. The molecule has 1 unspecified atom stereocenters. The van der Waals surface area contributed by atoms with Crippen LogP contribution in [0.2, 0.25) is 5.02 Å². The molecule has 1 atom stereocenters. The number of amides is 2. The van der Waals surface area contributed by atoms with Crippen molar-refractivity contribution in [2.24, 2.45) is 0 Å². The number of rotatable bonds is 2. The molecular weight excluding hydrogens is 284 g/mol. The van der Waals surface area contributed by atoms with Crippen LogP contribution >= 0.6 is 11.6 Å². The molecule has 3 nitrogen and oxygen atoms in total. The van der Waals surface area contributed by atoms with E-state index >= 15 is 0 Å². The fraction of sp³-hybridized carbons (Fsp3) is 0.235. The summed E-state index contributed by atoms with van der Waals surface area (Å²) in [4.78, 5) is 12.1. The zero-order chi connectivity index (χ0) is 14.8. The van der Waals surface area contributed by atoms with Crippen LogP contribution in [-0.4, -0.2) is 6.03 Å². The van der Waals surface area contributed by atoms with Crippen molar-refractivity contribution in [1.82, 2.24) is 5.32 Å². The quantitative estimate of drug-likeness (QED) is 0.845. The molecule has 1 aliphatic carbocycles. The highest BCUT2D eigenvalue weighted by atomic mass is 35.5. The smallest absolute Gasteiger partial charge is 0.319 e. The lowest BCUT2D eigenvalue weighted by atomic mass is 10.1. The molecule has 108 valence electrons. The van der Waals surface area contributed by atoms with E-state index in [0.29, 0.717) is 10.7 Å². The van der Waals surface area contributed by atoms with Gasteiger partial charge in [0.15, 0.2) is 0 Å². The molecular formula is C17H17ClN2O. The van der Waals surface area contributed by atoms with E-state index in [9.17, 15) is 4.79 Å². The van der Waals surface area contributed by atoms with E-state index in [1.807, 2.05) is 37.3 Å². The van der Waals surface area contributed by atoms with Gasteiger partial charge < -0.3 is 10.6 Å². The number of halogens is 1. The van der Waals surface area contributed by atoms with Gasteiger partial charge >= 0.3 is 6.03 Å². The number of hydrogen-bond acceptors (Lipinski definition) is 1. The van der Waals surface area contributed by atoms with Gasteiger partial charge in [-0.2, -0.15) is 0 Å². The molecule has 0 radical (unpaired) electrons. The van der Waals surface area contributed by atoms with Crippen LogP contribution in [-0.2, 0) is 6.42 Å². The van der Waals surface area contributed by atoms with E-state index in [1.165, 1.54) is 11.1 Å². The lowest BCUT2D eigenvalue weighted by molar-refractivity contribution is 0.248. The van der Waals surface area contributed by atoms with E-state index in [4.69, 9.17) is 11.6 Å². The summed E-state index contributed by atoms with van der Waals surface area (Å²) < 4.78 is 0. The van der Waals surface area contributed by atoms with Gasteiger partial charge in [-0.05, 0) is 48.6 Å². The van der Waals surface area contributed by atoms with Gasteiger partial charge in [-0.3, -0.25) is 0 Å². The van der Waals surface area contributed by atoms with Crippen molar-refractivity contribution < 1.29 is 4.79 Å². The number of aryl methyl sites for hydroxylation is 2. The first kappa shape index (κ1) is 14.0. The average Bonchev–Trinajstić information content (AvgIpc) is 2.85. The number of benzene rings is 2. The monoisotopic (exact) mass is 300 g/mol. The molecule has 0 saturated heterocycles. The minimum Gasteiger partial charge on any atom is -0.331 e. The van der Waals surface area contributed by atoms with Gasteiger partial charge in [0.05, 0.1) is 16.8 Å². The first-order chi connectivity index (χ1) is 10.1. The number of carbonyl (C=O) groups is 1. The first-order valence-electron chi connectivity index (χ1n) is 7.05. The van der Waals surface area contributed by atoms with Crippen LogP contribution in [0.1, 0.15) is 29.2 Å². The van der Waals surface area contributed by atoms with Gasteiger partial charge in [0.25, 0.3) is 0 Å². The summed E-state index contributed by atoms with van der Waals surface area (Å²) in [7, 11) is 0. The summed E-state index contributed by atoms with van der Waals surface area (Å²) in [5.41, 5.74) is 4.22. The second kappa shape index (κ2) is 5.78. The Balaban J connectivity index is 1.68. The summed E-state index contributed by atoms with van der Waals surface area (Å²) in [6.07, 6.45) is 1.95. The highest BCUT2D eigenvalue weighted by molar-refractivity contribution is 6.33. The number of nitrogens with one attached hydrogen (secondary N) is 2. The van der Waals surface area contributed by atoms with E-state index in [2.05, 4.69) is 22.8 Å². The largest absolute Gasteiger partial charge is 0.331 e. The van der Waals surface area contributed by atoms with Crippen LogP contribution in [0, 0.1) is 6.92 Å². The third-order valence-electron chi connectivity index (χ3n) is 3.81. The molecule has 4 heteroatoms. The van der Waals surface area contributed by atoms with Crippen LogP contribution < -0.4 is 10.6 Å². The van der Waals surface area contributed by atoms with Crippen molar-refractivity contribution >= 4 is 23.3 Å². The molecule has 2 aromatic carbocycles. The minimum absolute atomic E-state index is 0.0745. The number of hydrogen-bond donors (Lipinski definition) is 2. The van der Waals surface area contributed by atoms with Crippen molar-refractivity contribution in [3.63, 3.8) is 0 Å². The molecule has 0 bridgehead atoms. The van der Waals surface area contributed by atoms with Gasteiger partial charge in [0, 0.05) is 0 Å². The van der Waals surface area contributed by atoms with Gasteiger partial charge in [-0.1, -0.05) is 41.9 Å². The van der Waals surface area contributed by atoms with Crippen molar-refractivity contribution in [1.29, 1.82) is 0 Å². The molecule has 2 amide bonds. The second-order valence-electron chi connectivity index (χ2n) is 5.37. The molecule has 0 aromatic heterocycles. The van der Waals surface area contributed by atoms with Crippen LogP contribution in [0.15, 0.2) is 42.5 Å². The van der Waals surface area contributed by atoms with E-state index in [-0.39, 0.29) is 12.1 Å². The zero-order valence-electron chi connectivity index (χ0n) is 11.8. The summed E-state index contributed by atoms with van der Waals surface area (Å²) in [5.74, 6) is 0. The third-order valence-corrected chi connectivity index (χ3v) is 4.12.